The summed E-state index contributed by atoms with van der Waals surface area (Å²) in [5.41, 5.74) is 6.02. The minimum atomic E-state index is 0.269. The Labute approximate surface area is 100 Å². The number of hydrogen-bond donors (Lipinski definition) is 1. The molecule has 1 aliphatic rings. The van der Waals surface area contributed by atoms with E-state index in [0.29, 0.717) is 12.0 Å². The maximum Gasteiger partial charge on any atom is 0.0724 e. The minimum Gasteiger partial charge on any atom is -0.380 e. The molecule has 0 bridgehead atoms. The van der Waals surface area contributed by atoms with Gasteiger partial charge in [0.05, 0.1) is 6.10 Å². The van der Waals surface area contributed by atoms with Crippen LogP contribution in [-0.2, 0) is 4.74 Å². The van der Waals surface area contributed by atoms with E-state index < -0.39 is 0 Å². The first-order valence-electron chi connectivity index (χ1n) is 6.44. The van der Waals surface area contributed by atoms with Gasteiger partial charge in [0.15, 0.2) is 0 Å². The molecule has 96 valence electrons. The van der Waals surface area contributed by atoms with Crippen molar-refractivity contribution in [1.82, 2.24) is 4.90 Å². The molecule has 1 heterocycles. The molecule has 1 aliphatic heterocycles. The van der Waals surface area contributed by atoms with Crippen molar-refractivity contribution in [2.24, 2.45) is 17.1 Å². The maximum absolute atomic E-state index is 5.75. The summed E-state index contributed by atoms with van der Waals surface area (Å²) in [6, 6.07) is 0. The Hall–Kier alpha value is -0.120. The predicted molar refractivity (Wildman–Crippen MR) is 68.5 cm³/mol. The minimum absolute atomic E-state index is 0.269. The van der Waals surface area contributed by atoms with E-state index in [0.717, 1.165) is 19.6 Å². The summed E-state index contributed by atoms with van der Waals surface area (Å²) in [5.74, 6) is 0.698. The van der Waals surface area contributed by atoms with Crippen LogP contribution in [0.15, 0.2) is 0 Å². The van der Waals surface area contributed by atoms with Crippen molar-refractivity contribution in [3.8, 4) is 0 Å². The van der Waals surface area contributed by atoms with Crippen LogP contribution in [0.5, 0.6) is 0 Å². The van der Waals surface area contributed by atoms with E-state index in [-0.39, 0.29) is 5.41 Å². The van der Waals surface area contributed by atoms with Crippen LogP contribution < -0.4 is 5.73 Å². The number of piperidine rings is 1. The van der Waals surface area contributed by atoms with Crippen molar-refractivity contribution in [1.29, 1.82) is 0 Å². The molecule has 0 aliphatic carbocycles. The van der Waals surface area contributed by atoms with Gasteiger partial charge in [0.25, 0.3) is 0 Å². The lowest BCUT2D eigenvalue weighted by Gasteiger charge is -2.37. The van der Waals surface area contributed by atoms with Gasteiger partial charge in [-0.15, -0.1) is 0 Å². The van der Waals surface area contributed by atoms with Gasteiger partial charge in [-0.25, -0.2) is 0 Å². The summed E-state index contributed by atoms with van der Waals surface area (Å²) in [5, 5.41) is 0. The lowest BCUT2D eigenvalue weighted by molar-refractivity contribution is -0.00755. The molecule has 0 aromatic rings. The highest BCUT2D eigenvalue weighted by atomic mass is 16.5. The number of nitrogens with two attached hydrogens (primary N) is 1. The van der Waals surface area contributed by atoms with E-state index >= 15 is 0 Å². The fraction of sp³-hybridized carbons (Fsp3) is 1.00. The number of nitrogens with zero attached hydrogens (tertiary/aromatic N) is 1. The van der Waals surface area contributed by atoms with Gasteiger partial charge in [0.2, 0.25) is 0 Å². The zero-order valence-corrected chi connectivity index (χ0v) is 11.3. The highest BCUT2D eigenvalue weighted by molar-refractivity contribution is 4.80. The van der Waals surface area contributed by atoms with Gasteiger partial charge in [-0.05, 0) is 43.8 Å². The second kappa shape index (κ2) is 5.99. The Morgan fingerprint density at radius 2 is 2.12 bits per heavy atom. The average molecular weight is 228 g/mol. The molecule has 0 aromatic heterocycles. The number of hydrogen-bond acceptors (Lipinski definition) is 3. The molecule has 3 nitrogen and oxygen atoms in total. The Balaban J connectivity index is 2.33. The monoisotopic (exact) mass is 228 g/mol. The first-order valence-corrected chi connectivity index (χ1v) is 6.44. The summed E-state index contributed by atoms with van der Waals surface area (Å²) < 4.78 is 5.53. The van der Waals surface area contributed by atoms with Crippen LogP contribution in [0.4, 0.5) is 0 Å². The molecule has 0 amide bonds. The Morgan fingerprint density at radius 1 is 1.44 bits per heavy atom. The molecule has 0 saturated carbocycles. The van der Waals surface area contributed by atoms with Crippen LogP contribution in [0.25, 0.3) is 0 Å². The molecular formula is C13H28N2O. The van der Waals surface area contributed by atoms with Gasteiger partial charge in [-0.1, -0.05) is 20.8 Å². The Bertz CT molecular complexity index is 206. The van der Waals surface area contributed by atoms with Crippen molar-refractivity contribution < 1.29 is 4.74 Å². The second-order valence-electron chi connectivity index (χ2n) is 5.96. The molecule has 1 rings (SSSR count). The zero-order chi connectivity index (χ0) is 12.2. The number of methoxy groups -OCH3 is 1. The van der Waals surface area contributed by atoms with E-state index in [1.807, 2.05) is 7.11 Å². The quantitative estimate of drug-likeness (QED) is 0.778. The molecule has 16 heavy (non-hydrogen) atoms. The normalized spacial score (nSPS) is 28.3. The lowest BCUT2D eigenvalue weighted by atomic mass is 9.88. The van der Waals surface area contributed by atoms with Crippen molar-refractivity contribution in [3.05, 3.63) is 0 Å². The van der Waals surface area contributed by atoms with Crippen molar-refractivity contribution in [3.63, 3.8) is 0 Å². The van der Waals surface area contributed by atoms with Crippen LogP contribution in [0.2, 0.25) is 0 Å². The van der Waals surface area contributed by atoms with Gasteiger partial charge in [0.1, 0.15) is 0 Å². The zero-order valence-electron chi connectivity index (χ0n) is 11.3. The second-order valence-corrected chi connectivity index (χ2v) is 5.96. The third kappa shape index (κ3) is 4.04. The fourth-order valence-electron chi connectivity index (χ4n) is 2.17. The van der Waals surface area contributed by atoms with Crippen LogP contribution in [0.1, 0.15) is 33.6 Å². The summed E-state index contributed by atoms with van der Waals surface area (Å²) >= 11 is 0. The topological polar surface area (TPSA) is 38.5 Å². The third-order valence-electron chi connectivity index (χ3n) is 3.93. The van der Waals surface area contributed by atoms with E-state index in [1.165, 1.54) is 19.4 Å². The van der Waals surface area contributed by atoms with Crippen molar-refractivity contribution in [2.75, 3.05) is 33.3 Å². The van der Waals surface area contributed by atoms with Crippen LogP contribution in [0.3, 0.4) is 0 Å². The number of rotatable bonds is 5. The molecule has 1 fully saturated rings. The van der Waals surface area contributed by atoms with Crippen molar-refractivity contribution in [2.45, 2.75) is 39.7 Å². The Morgan fingerprint density at radius 3 is 2.69 bits per heavy atom. The highest BCUT2D eigenvalue weighted by Crippen LogP contribution is 2.23. The van der Waals surface area contributed by atoms with Crippen molar-refractivity contribution >= 4 is 0 Å². The first kappa shape index (κ1) is 13.9. The van der Waals surface area contributed by atoms with E-state index in [2.05, 4.69) is 25.7 Å². The predicted octanol–water partition coefficient (Wildman–Crippen LogP) is 1.72. The molecule has 1 saturated heterocycles. The van der Waals surface area contributed by atoms with Crippen LogP contribution in [0, 0.1) is 11.3 Å². The summed E-state index contributed by atoms with van der Waals surface area (Å²) in [4.78, 5) is 2.52. The SMILES string of the molecule is COC1CN(CCC(C)(C)CN)CCC1C. The molecule has 0 aromatic carbocycles. The van der Waals surface area contributed by atoms with Gasteiger partial charge < -0.3 is 15.4 Å². The smallest absolute Gasteiger partial charge is 0.0724 e. The maximum atomic E-state index is 5.75. The van der Waals surface area contributed by atoms with E-state index in [9.17, 15) is 0 Å². The molecular weight excluding hydrogens is 200 g/mol. The average Bonchev–Trinajstić information content (AvgIpc) is 2.28. The summed E-state index contributed by atoms with van der Waals surface area (Å²) in [7, 11) is 1.83. The van der Waals surface area contributed by atoms with Crippen LogP contribution in [-0.4, -0.2) is 44.3 Å². The van der Waals surface area contributed by atoms with Crippen LogP contribution >= 0.6 is 0 Å². The van der Waals surface area contributed by atoms with Gasteiger partial charge in [0, 0.05) is 13.7 Å². The molecule has 0 spiro atoms. The number of ether oxygens (including phenoxy) is 1. The van der Waals surface area contributed by atoms with Gasteiger partial charge in [-0.3, -0.25) is 0 Å². The highest BCUT2D eigenvalue weighted by Gasteiger charge is 2.26. The largest absolute Gasteiger partial charge is 0.380 e. The third-order valence-corrected chi connectivity index (χ3v) is 3.93. The standard InChI is InChI=1S/C13H28N2O/c1-11-5-7-15(9-12(11)16-4)8-6-13(2,3)10-14/h11-12H,5-10,14H2,1-4H3. The number of likely N-dealkylation sites (tertiary alicyclic amines) is 1. The molecule has 3 heteroatoms. The van der Waals surface area contributed by atoms with Gasteiger partial charge in [-0.2, -0.15) is 0 Å². The molecule has 2 N–H and O–H groups in total. The lowest BCUT2D eigenvalue weighted by Crippen LogP contribution is -2.45. The molecule has 2 unspecified atom stereocenters. The molecule has 0 radical (unpaired) electrons. The Kier molecular flexibility index (Phi) is 5.22. The first-order chi connectivity index (χ1) is 7.48. The molecule has 2 atom stereocenters. The summed E-state index contributed by atoms with van der Waals surface area (Å²) in [6.07, 6.45) is 2.84. The van der Waals surface area contributed by atoms with Gasteiger partial charge >= 0.3 is 0 Å². The fourth-order valence-corrected chi connectivity index (χ4v) is 2.17. The van der Waals surface area contributed by atoms with E-state index in [1.54, 1.807) is 0 Å². The summed E-state index contributed by atoms with van der Waals surface area (Å²) in [6.45, 7) is 11.0. The van der Waals surface area contributed by atoms with E-state index in [4.69, 9.17) is 10.5 Å².